The summed E-state index contributed by atoms with van der Waals surface area (Å²) in [4.78, 5) is 20.7. The molecule has 0 bridgehead atoms. The molecule has 1 amide bonds. The minimum atomic E-state index is -0.493. The van der Waals surface area contributed by atoms with Crippen molar-refractivity contribution in [3.05, 3.63) is 16.6 Å². The molecule has 2 N–H and O–H groups in total. The van der Waals surface area contributed by atoms with Crippen LogP contribution in [0.3, 0.4) is 0 Å². The number of carbonyl (C=O) groups is 1. The lowest BCUT2D eigenvalue weighted by Gasteiger charge is -2.34. The minimum Gasteiger partial charge on any atom is -0.390 e. The largest absolute Gasteiger partial charge is 0.390 e. The summed E-state index contributed by atoms with van der Waals surface area (Å²) in [5.41, 5.74) is 2.08. The molecule has 3 heterocycles. The summed E-state index contributed by atoms with van der Waals surface area (Å²) in [6.07, 6.45) is 1.78. The van der Waals surface area contributed by atoms with Crippen molar-refractivity contribution in [1.82, 2.24) is 20.1 Å². The molecule has 0 aliphatic carbocycles. The molecule has 2 saturated heterocycles. The maximum Gasteiger partial charge on any atom is 0.271 e. The van der Waals surface area contributed by atoms with E-state index in [0.717, 1.165) is 32.5 Å². The number of aliphatic hydroxyl groups is 1. The number of piperidine rings is 1. The van der Waals surface area contributed by atoms with E-state index in [2.05, 4.69) is 27.1 Å². The van der Waals surface area contributed by atoms with Gasteiger partial charge in [-0.3, -0.25) is 9.69 Å². The Balaban J connectivity index is 1.55. The smallest absolute Gasteiger partial charge is 0.271 e. The van der Waals surface area contributed by atoms with Gasteiger partial charge in [-0.15, -0.1) is 11.3 Å². The van der Waals surface area contributed by atoms with Gasteiger partial charge in [0.1, 0.15) is 5.69 Å². The van der Waals surface area contributed by atoms with Crippen molar-refractivity contribution < 1.29 is 9.90 Å². The number of hydrogen-bond acceptors (Lipinski definition) is 6. The van der Waals surface area contributed by atoms with E-state index < -0.39 is 6.10 Å². The molecular formula is C14H22N4O2S. The zero-order valence-electron chi connectivity index (χ0n) is 12.2. The highest BCUT2D eigenvalue weighted by Crippen LogP contribution is 2.21. The Morgan fingerprint density at radius 1 is 1.43 bits per heavy atom. The Hall–Kier alpha value is -1.02. The van der Waals surface area contributed by atoms with Crippen LogP contribution in [-0.2, 0) is 0 Å². The second-order valence-electron chi connectivity index (χ2n) is 6.01. The number of hydrogen-bond donors (Lipinski definition) is 2. The van der Waals surface area contributed by atoms with E-state index in [1.807, 2.05) is 0 Å². The number of thiazole rings is 1. The fraction of sp³-hybridized carbons (Fsp3) is 0.714. The van der Waals surface area contributed by atoms with Crippen molar-refractivity contribution in [3.8, 4) is 0 Å². The molecule has 2 atom stereocenters. The van der Waals surface area contributed by atoms with Crippen LogP contribution >= 0.6 is 11.3 Å². The van der Waals surface area contributed by atoms with Gasteiger partial charge in [0.05, 0.1) is 17.7 Å². The van der Waals surface area contributed by atoms with Gasteiger partial charge in [-0.1, -0.05) is 0 Å². The van der Waals surface area contributed by atoms with E-state index in [-0.39, 0.29) is 11.9 Å². The van der Waals surface area contributed by atoms with E-state index in [1.54, 1.807) is 10.9 Å². The molecule has 0 radical (unpaired) electrons. The van der Waals surface area contributed by atoms with Gasteiger partial charge in [-0.2, -0.15) is 0 Å². The maximum atomic E-state index is 12.0. The number of carbonyl (C=O) groups excluding carboxylic acids is 1. The number of nitrogens with one attached hydrogen (secondary N) is 1. The normalized spacial score (nSPS) is 28.9. The summed E-state index contributed by atoms with van der Waals surface area (Å²) >= 11 is 1.40. The fourth-order valence-electron chi connectivity index (χ4n) is 3.18. The van der Waals surface area contributed by atoms with E-state index in [1.165, 1.54) is 11.3 Å². The van der Waals surface area contributed by atoms with Crippen LogP contribution in [0.4, 0.5) is 0 Å². The zero-order valence-corrected chi connectivity index (χ0v) is 13.1. The monoisotopic (exact) mass is 310 g/mol. The first-order valence-electron chi connectivity index (χ1n) is 7.43. The van der Waals surface area contributed by atoms with Crippen LogP contribution < -0.4 is 5.32 Å². The number of amides is 1. The summed E-state index contributed by atoms with van der Waals surface area (Å²) in [7, 11) is 2.14. The first-order chi connectivity index (χ1) is 10.1. The Labute approximate surface area is 128 Å². The number of β-amino-alcohol motifs (C(OH)–C–C–N with tert-alkyl or cyclic N) is 1. The van der Waals surface area contributed by atoms with E-state index >= 15 is 0 Å². The summed E-state index contributed by atoms with van der Waals surface area (Å²) in [5, 5.41) is 14.8. The SMILES string of the molecule is CN1CCC(N2C[C@@H](O)[C@H](NC(=O)c3cscn3)C2)CC1. The van der Waals surface area contributed by atoms with Crippen molar-refractivity contribution >= 4 is 17.2 Å². The number of rotatable bonds is 3. The average Bonchev–Trinajstić information content (AvgIpc) is 3.10. The lowest BCUT2D eigenvalue weighted by atomic mass is 10.0. The van der Waals surface area contributed by atoms with Crippen LogP contribution in [0.15, 0.2) is 10.9 Å². The van der Waals surface area contributed by atoms with Gasteiger partial charge in [0.25, 0.3) is 5.91 Å². The molecule has 3 rings (SSSR count). The minimum absolute atomic E-state index is 0.189. The number of aromatic nitrogens is 1. The van der Waals surface area contributed by atoms with Crippen molar-refractivity contribution in [2.45, 2.75) is 31.0 Å². The van der Waals surface area contributed by atoms with Gasteiger partial charge in [-0.05, 0) is 33.0 Å². The predicted octanol–water partition coefficient (Wildman–Crippen LogP) is 0.0122. The van der Waals surface area contributed by atoms with Gasteiger partial charge in [-0.25, -0.2) is 4.98 Å². The fourth-order valence-corrected chi connectivity index (χ4v) is 3.72. The third-order valence-electron chi connectivity index (χ3n) is 4.50. The van der Waals surface area contributed by atoms with Crippen LogP contribution in [0.1, 0.15) is 23.3 Å². The van der Waals surface area contributed by atoms with Gasteiger partial charge in [0, 0.05) is 24.5 Å². The molecule has 0 aromatic carbocycles. The molecule has 7 heteroatoms. The number of nitrogens with zero attached hydrogens (tertiary/aromatic N) is 3. The summed E-state index contributed by atoms with van der Waals surface area (Å²) in [5.74, 6) is -0.189. The van der Waals surface area contributed by atoms with E-state index in [4.69, 9.17) is 0 Å². The van der Waals surface area contributed by atoms with Crippen LogP contribution in [0, 0.1) is 0 Å². The molecule has 6 nitrogen and oxygen atoms in total. The Kier molecular flexibility index (Phi) is 4.54. The van der Waals surface area contributed by atoms with Gasteiger partial charge in [0.2, 0.25) is 0 Å². The lowest BCUT2D eigenvalue weighted by molar-refractivity contribution is 0.0883. The molecule has 2 fully saturated rings. The topological polar surface area (TPSA) is 68.7 Å². The molecular weight excluding hydrogens is 288 g/mol. The average molecular weight is 310 g/mol. The first kappa shape index (κ1) is 14.9. The summed E-state index contributed by atoms with van der Waals surface area (Å²) in [6.45, 7) is 3.59. The maximum absolute atomic E-state index is 12.0. The summed E-state index contributed by atoms with van der Waals surface area (Å²) in [6, 6.07) is 0.330. The highest BCUT2D eigenvalue weighted by molar-refractivity contribution is 7.07. The second-order valence-corrected chi connectivity index (χ2v) is 6.73. The van der Waals surface area contributed by atoms with Crippen molar-refractivity contribution in [3.63, 3.8) is 0 Å². The molecule has 0 spiro atoms. The van der Waals surface area contributed by atoms with Crippen molar-refractivity contribution in [1.29, 1.82) is 0 Å². The molecule has 116 valence electrons. The van der Waals surface area contributed by atoms with Crippen LogP contribution in [0.25, 0.3) is 0 Å². The number of aliphatic hydroxyl groups excluding tert-OH is 1. The third-order valence-corrected chi connectivity index (χ3v) is 5.09. The molecule has 0 saturated carbocycles. The quantitative estimate of drug-likeness (QED) is 0.823. The molecule has 1 aromatic rings. The van der Waals surface area contributed by atoms with Gasteiger partial charge in [0.15, 0.2) is 0 Å². The van der Waals surface area contributed by atoms with Crippen molar-refractivity contribution in [2.24, 2.45) is 0 Å². The molecule has 2 aliphatic rings. The standard InChI is InChI=1S/C14H22N4O2S/c1-17-4-2-10(3-5-17)18-6-11(13(19)7-18)16-14(20)12-8-21-9-15-12/h8-11,13,19H,2-7H2,1H3,(H,16,20)/t11-,13-/m1/s1. The van der Waals surface area contributed by atoms with Crippen LogP contribution in [0.2, 0.25) is 0 Å². The predicted molar refractivity (Wildman–Crippen MR) is 81.5 cm³/mol. The van der Waals surface area contributed by atoms with Crippen LogP contribution in [-0.4, -0.2) is 77.2 Å². The lowest BCUT2D eigenvalue weighted by Crippen LogP contribution is -2.45. The molecule has 21 heavy (non-hydrogen) atoms. The zero-order chi connectivity index (χ0) is 14.8. The number of likely N-dealkylation sites (tertiary alicyclic amines) is 2. The molecule has 2 aliphatic heterocycles. The van der Waals surface area contributed by atoms with Crippen LogP contribution in [0.5, 0.6) is 0 Å². The highest BCUT2D eigenvalue weighted by Gasteiger charge is 2.36. The second kappa shape index (κ2) is 6.39. The summed E-state index contributed by atoms with van der Waals surface area (Å²) < 4.78 is 0. The molecule has 1 aromatic heterocycles. The van der Waals surface area contributed by atoms with Gasteiger partial charge >= 0.3 is 0 Å². The molecule has 0 unspecified atom stereocenters. The first-order valence-corrected chi connectivity index (χ1v) is 8.37. The van der Waals surface area contributed by atoms with E-state index in [9.17, 15) is 9.90 Å². The van der Waals surface area contributed by atoms with E-state index in [0.29, 0.717) is 18.3 Å². The highest BCUT2D eigenvalue weighted by atomic mass is 32.1. The Bertz CT molecular complexity index is 473. The van der Waals surface area contributed by atoms with Crippen molar-refractivity contribution in [2.75, 3.05) is 33.2 Å². The van der Waals surface area contributed by atoms with Gasteiger partial charge < -0.3 is 15.3 Å². The Morgan fingerprint density at radius 2 is 2.19 bits per heavy atom. The third kappa shape index (κ3) is 3.42. The Morgan fingerprint density at radius 3 is 2.86 bits per heavy atom.